The lowest BCUT2D eigenvalue weighted by Gasteiger charge is -2.26. The van der Waals surface area contributed by atoms with E-state index in [1.807, 2.05) is 23.0 Å². The lowest BCUT2D eigenvalue weighted by molar-refractivity contribution is -0.123. The monoisotopic (exact) mass is 398 g/mol. The molecule has 0 unspecified atom stereocenters. The van der Waals surface area contributed by atoms with Crippen LogP contribution in [0, 0.1) is 11.7 Å². The van der Waals surface area contributed by atoms with Crippen LogP contribution in [0.1, 0.15) is 69.7 Å². The van der Waals surface area contributed by atoms with Crippen molar-refractivity contribution in [1.82, 2.24) is 20.4 Å². The normalized spacial score (nSPS) is 25.0. The zero-order valence-corrected chi connectivity index (χ0v) is 17.5. The smallest absolute Gasteiger partial charge is 0.237 e. The second-order valence-electron chi connectivity index (χ2n) is 9.49. The lowest BCUT2D eigenvalue weighted by Crippen LogP contribution is -2.43. The average Bonchev–Trinajstić information content (AvgIpc) is 3.27. The van der Waals surface area contributed by atoms with Gasteiger partial charge in [0.2, 0.25) is 5.91 Å². The van der Waals surface area contributed by atoms with Gasteiger partial charge in [0.1, 0.15) is 5.82 Å². The summed E-state index contributed by atoms with van der Waals surface area (Å²) in [6, 6.07) is 8.23. The number of amides is 1. The van der Waals surface area contributed by atoms with Gasteiger partial charge < -0.3 is 5.32 Å². The van der Waals surface area contributed by atoms with Crippen molar-refractivity contribution in [2.75, 3.05) is 6.54 Å². The number of carbonyl (C=O) groups excluding carboxylic acids is 1. The number of hydrogen-bond acceptors (Lipinski definition) is 3. The molecule has 1 aromatic heterocycles. The average molecular weight is 399 g/mol. The van der Waals surface area contributed by atoms with Crippen LogP contribution in [0.25, 0.3) is 0 Å². The summed E-state index contributed by atoms with van der Waals surface area (Å²) in [5.74, 6) is 0.412. The second kappa shape index (κ2) is 7.90. The van der Waals surface area contributed by atoms with E-state index in [2.05, 4.69) is 31.4 Å². The van der Waals surface area contributed by atoms with Crippen molar-refractivity contribution in [3.8, 4) is 0 Å². The van der Waals surface area contributed by atoms with Crippen molar-refractivity contribution in [3.63, 3.8) is 0 Å². The molecule has 156 valence electrons. The van der Waals surface area contributed by atoms with E-state index in [4.69, 9.17) is 5.10 Å². The molecule has 3 atom stereocenters. The third kappa shape index (κ3) is 4.37. The van der Waals surface area contributed by atoms with E-state index in [0.29, 0.717) is 12.3 Å². The highest BCUT2D eigenvalue weighted by atomic mass is 19.1. The minimum Gasteiger partial charge on any atom is -0.354 e. The first kappa shape index (κ1) is 20.1. The van der Waals surface area contributed by atoms with Crippen LogP contribution in [-0.2, 0) is 10.3 Å². The van der Waals surface area contributed by atoms with Crippen LogP contribution in [0.4, 0.5) is 4.39 Å². The first-order chi connectivity index (χ1) is 13.8. The molecule has 0 bridgehead atoms. The molecule has 2 aliphatic rings. The summed E-state index contributed by atoms with van der Waals surface area (Å²) in [4.78, 5) is 12.8. The molecule has 4 rings (SSSR count). The number of halogens is 1. The molecule has 2 aromatic rings. The van der Waals surface area contributed by atoms with E-state index in [-0.39, 0.29) is 35.3 Å². The number of nitrogens with one attached hydrogen (secondary N) is 2. The Kier molecular flexibility index (Phi) is 5.47. The highest BCUT2D eigenvalue weighted by Gasteiger charge is 2.40. The molecule has 6 heteroatoms. The Hall–Kier alpha value is -2.21. The number of aromatic nitrogens is 2. The SMILES string of the molecule is CC(C)(C)n1ccc([C@H]2C[C@@H](C(=O)NCC3CCC3)N[C@H]2c2cccc(F)c2)n1. The highest BCUT2D eigenvalue weighted by Crippen LogP contribution is 2.40. The fourth-order valence-corrected chi connectivity index (χ4v) is 4.27. The van der Waals surface area contributed by atoms with E-state index in [0.717, 1.165) is 17.8 Å². The van der Waals surface area contributed by atoms with Gasteiger partial charge in [0.25, 0.3) is 0 Å². The molecule has 1 aliphatic carbocycles. The molecule has 1 amide bonds. The molecular weight excluding hydrogens is 367 g/mol. The highest BCUT2D eigenvalue weighted by molar-refractivity contribution is 5.82. The summed E-state index contributed by atoms with van der Waals surface area (Å²) < 4.78 is 15.8. The van der Waals surface area contributed by atoms with E-state index in [1.54, 1.807) is 12.1 Å². The number of hydrogen-bond donors (Lipinski definition) is 2. The lowest BCUT2D eigenvalue weighted by atomic mass is 9.85. The van der Waals surface area contributed by atoms with E-state index in [9.17, 15) is 9.18 Å². The van der Waals surface area contributed by atoms with Crippen LogP contribution in [-0.4, -0.2) is 28.3 Å². The van der Waals surface area contributed by atoms with Crippen molar-refractivity contribution in [2.24, 2.45) is 5.92 Å². The van der Waals surface area contributed by atoms with Gasteiger partial charge in [-0.05, 0) is 69.7 Å². The predicted octanol–water partition coefficient (Wildman–Crippen LogP) is 3.88. The Morgan fingerprint density at radius 2 is 2.10 bits per heavy atom. The van der Waals surface area contributed by atoms with Gasteiger partial charge in [0.15, 0.2) is 0 Å². The van der Waals surface area contributed by atoms with Crippen LogP contribution in [0.5, 0.6) is 0 Å². The van der Waals surface area contributed by atoms with Crippen molar-refractivity contribution in [3.05, 3.63) is 53.6 Å². The van der Waals surface area contributed by atoms with Gasteiger partial charge in [-0.3, -0.25) is 14.8 Å². The Labute approximate surface area is 172 Å². The standard InChI is InChI=1S/C23H31FN4O/c1-23(2,3)28-11-10-19(27-28)18-13-20(22(29)25-14-15-6-4-7-15)26-21(18)16-8-5-9-17(24)12-16/h5,8-12,15,18,20-21,26H,4,6-7,13-14H2,1-3H3,(H,25,29)/t18-,20+,21+/m1/s1. The molecule has 29 heavy (non-hydrogen) atoms. The fraction of sp³-hybridized carbons (Fsp3) is 0.565. The maximum absolute atomic E-state index is 13.9. The minimum atomic E-state index is -0.298. The first-order valence-electron chi connectivity index (χ1n) is 10.7. The Bertz CT molecular complexity index is 868. The number of benzene rings is 1. The van der Waals surface area contributed by atoms with E-state index < -0.39 is 0 Å². The van der Waals surface area contributed by atoms with Gasteiger partial charge in [-0.1, -0.05) is 18.6 Å². The van der Waals surface area contributed by atoms with Gasteiger partial charge in [-0.2, -0.15) is 5.10 Å². The van der Waals surface area contributed by atoms with Gasteiger partial charge in [0, 0.05) is 24.7 Å². The van der Waals surface area contributed by atoms with Crippen molar-refractivity contribution in [2.45, 2.75) is 70.0 Å². The van der Waals surface area contributed by atoms with E-state index >= 15 is 0 Å². The van der Waals surface area contributed by atoms with Gasteiger partial charge >= 0.3 is 0 Å². The number of rotatable bonds is 5. The summed E-state index contributed by atoms with van der Waals surface area (Å²) in [5, 5.41) is 11.4. The van der Waals surface area contributed by atoms with Gasteiger partial charge in [-0.15, -0.1) is 0 Å². The maximum atomic E-state index is 13.9. The second-order valence-corrected chi connectivity index (χ2v) is 9.49. The van der Waals surface area contributed by atoms with Crippen LogP contribution in [0.3, 0.4) is 0 Å². The topological polar surface area (TPSA) is 59.0 Å². The predicted molar refractivity (Wildman–Crippen MR) is 111 cm³/mol. The molecule has 0 spiro atoms. The molecule has 0 radical (unpaired) electrons. The molecule has 2 N–H and O–H groups in total. The quantitative estimate of drug-likeness (QED) is 0.804. The van der Waals surface area contributed by atoms with Crippen LogP contribution in [0.2, 0.25) is 0 Å². The molecule has 2 fully saturated rings. The van der Waals surface area contributed by atoms with Crippen LogP contribution in [0.15, 0.2) is 36.5 Å². The Morgan fingerprint density at radius 1 is 1.31 bits per heavy atom. The summed E-state index contributed by atoms with van der Waals surface area (Å²) in [6.45, 7) is 7.08. The molecule has 1 saturated heterocycles. The number of carbonyl (C=O) groups is 1. The minimum absolute atomic E-state index is 0.0138. The van der Waals surface area contributed by atoms with Crippen LogP contribution < -0.4 is 10.6 Å². The van der Waals surface area contributed by atoms with Gasteiger partial charge in [0.05, 0.1) is 17.3 Å². The third-order valence-electron chi connectivity index (χ3n) is 6.26. The fourth-order valence-electron chi connectivity index (χ4n) is 4.27. The molecule has 1 saturated carbocycles. The van der Waals surface area contributed by atoms with Crippen LogP contribution >= 0.6 is 0 Å². The number of nitrogens with zero attached hydrogens (tertiary/aromatic N) is 2. The zero-order valence-electron chi connectivity index (χ0n) is 17.5. The molecule has 1 aromatic carbocycles. The maximum Gasteiger partial charge on any atom is 0.237 e. The largest absolute Gasteiger partial charge is 0.354 e. The van der Waals surface area contributed by atoms with Crippen molar-refractivity contribution in [1.29, 1.82) is 0 Å². The Morgan fingerprint density at radius 3 is 2.72 bits per heavy atom. The summed E-state index contributed by atoms with van der Waals surface area (Å²) >= 11 is 0. The third-order valence-corrected chi connectivity index (χ3v) is 6.26. The first-order valence-corrected chi connectivity index (χ1v) is 10.7. The van der Waals surface area contributed by atoms with Crippen molar-refractivity contribution < 1.29 is 9.18 Å². The van der Waals surface area contributed by atoms with Crippen molar-refractivity contribution >= 4 is 5.91 Å². The molecule has 1 aliphatic heterocycles. The molecule has 2 heterocycles. The summed E-state index contributed by atoms with van der Waals surface area (Å²) in [7, 11) is 0. The zero-order chi connectivity index (χ0) is 20.6. The summed E-state index contributed by atoms with van der Waals surface area (Å²) in [5.41, 5.74) is 1.68. The molecule has 5 nitrogen and oxygen atoms in total. The van der Waals surface area contributed by atoms with E-state index in [1.165, 1.54) is 25.3 Å². The Balaban J connectivity index is 1.56. The summed E-state index contributed by atoms with van der Waals surface area (Å²) in [6.07, 6.45) is 6.32. The molecular formula is C23H31FN4O. The van der Waals surface area contributed by atoms with Gasteiger partial charge in [-0.25, -0.2) is 4.39 Å².